The zero-order valence-corrected chi connectivity index (χ0v) is 10.1. The predicted molar refractivity (Wildman–Crippen MR) is 60.7 cm³/mol. The Hall–Kier alpha value is -0.610. The molecule has 0 spiro atoms. The van der Waals surface area contributed by atoms with E-state index >= 15 is 0 Å². The molecule has 0 aliphatic carbocycles. The van der Waals surface area contributed by atoms with Gasteiger partial charge in [-0.05, 0) is 35.5 Å². The minimum absolute atomic E-state index is 0.656. The van der Waals surface area contributed by atoms with Gasteiger partial charge in [0.1, 0.15) is 6.61 Å². The van der Waals surface area contributed by atoms with Crippen LogP contribution < -0.4 is 10.1 Å². The number of aromatic nitrogens is 1. The average Bonchev–Trinajstić information content (AvgIpc) is 2.15. The fraction of sp³-hybridized carbons (Fsp3) is 0.500. The molecule has 1 rings (SSSR count). The van der Waals surface area contributed by atoms with Crippen molar-refractivity contribution >= 4 is 15.9 Å². The highest BCUT2D eigenvalue weighted by Gasteiger charge is 2.00. The Labute approximate surface area is 93.0 Å². The van der Waals surface area contributed by atoms with Crippen molar-refractivity contribution in [3.63, 3.8) is 0 Å². The summed E-state index contributed by atoms with van der Waals surface area (Å²) in [5.41, 5.74) is 1.05. The van der Waals surface area contributed by atoms with Crippen LogP contribution in [-0.4, -0.2) is 24.7 Å². The fourth-order valence-electron chi connectivity index (χ4n) is 1.08. The van der Waals surface area contributed by atoms with Gasteiger partial charge in [-0.15, -0.1) is 0 Å². The molecule has 0 aliphatic rings. The lowest BCUT2D eigenvalue weighted by Crippen LogP contribution is -2.20. The van der Waals surface area contributed by atoms with E-state index in [0.29, 0.717) is 12.5 Å². The molecule has 0 aliphatic heterocycles. The number of ether oxygens (including phenoxy) is 1. The minimum atomic E-state index is 0.656. The first-order chi connectivity index (χ1) is 6.74. The molecule has 3 nitrogen and oxygen atoms in total. The van der Waals surface area contributed by atoms with Crippen molar-refractivity contribution in [2.75, 3.05) is 19.7 Å². The van der Waals surface area contributed by atoms with Gasteiger partial charge >= 0.3 is 0 Å². The van der Waals surface area contributed by atoms with Crippen molar-refractivity contribution in [2.45, 2.75) is 13.8 Å². The van der Waals surface area contributed by atoms with Gasteiger partial charge < -0.3 is 10.1 Å². The maximum absolute atomic E-state index is 5.50. The molecule has 0 aromatic carbocycles. The number of likely N-dealkylation sites (N-methyl/N-ethyl adjacent to an activating group) is 1. The SMILES string of the molecule is CCNCCOc1ncc(Br)cc1C. The van der Waals surface area contributed by atoms with E-state index in [1.807, 2.05) is 13.0 Å². The van der Waals surface area contributed by atoms with E-state index in [1.165, 1.54) is 0 Å². The van der Waals surface area contributed by atoms with E-state index in [9.17, 15) is 0 Å². The highest BCUT2D eigenvalue weighted by molar-refractivity contribution is 9.10. The molecular weight excluding hydrogens is 244 g/mol. The van der Waals surface area contributed by atoms with Gasteiger partial charge in [-0.1, -0.05) is 6.92 Å². The highest BCUT2D eigenvalue weighted by Crippen LogP contribution is 2.18. The van der Waals surface area contributed by atoms with Crippen molar-refractivity contribution in [3.8, 4) is 5.88 Å². The molecule has 1 aromatic rings. The Bertz CT molecular complexity index is 291. The molecule has 0 unspecified atom stereocenters. The number of aryl methyl sites for hydroxylation is 1. The largest absolute Gasteiger partial charge is 0.476 e. The summed E-state index contributed by atoms with van der Waals surface area (Å²) in [5, 5.41) is 3.19. The summed E-state index contributed by atoms with van der Waals surface area (Å²) in [5.74, 6) is 0.714. The average molecular weight is 259 g/mol. The first kappa shape index (κ1) is 11.5. The molecule has 0 radical (unpaired) electrons. The van der Waals surface area contributed by atoms with E-state index < -0.39 is 0 Å². The van der Waals surface area contributed by atoms with Gasteiger partial charge in [0, 0.05) is 22.8 Å². The van der Waals surface area contributed by atoms with Crippen molar-refractivity contribution in [1.29, 1.82) is 0 Å². The van der Waals surface area contributed by atoms with Crippen LogP contribution in [0.2, 0.25) is 0 Å². The smallest absolute Gasteiger partial charge is 0.216 e. The second kappa shape index (κ2) is 5.98. The van der Waals surface area contributed by atoms with Gasteiger partial charge in [-0.25, -0.2) is 4.98 Å². The standard InChI is InChI=1S/C10H15BrN2O/c1-3-12-4-5-14-10-8(2)6-9(11)7-13-10/h6-7,12H,3-5H2,1-2H3. The summed E-state index contributed by atoms with van der Waals surface area (Å²) in [4.78, 5) is 4.18. The molecule has 0 amide bonds. The van der Waals surface area contributed by atoms with Gasteiger partial charge in [0.15, 0.2) is 0 Å². The minimum Gasteiger partial charge on any atom is -0.476 e. The summed E-state index contributed by atoms with van der Waals surface area (Å²) >= 11 is 3.36. The van der Waals surface area contributed by atoms with Crippen LogP contribution in [0.5, 0.6) is 5.88 Å². The Morgan fingerprint density at radius 2 is 2.36 bits per heavy atom. The molecule has 1 aromatic heterocycles. The quantitative estimate of drug-likeness (QED) is 0.822. The maximum atomic E-state index is 5.50. The Morgan fingerprint density at radius 1 is 1.57 bits per heavy atom. The number of halogens is 1. The lowest BCUT2D eigenvalue weighted by Gasteiger charge is -2.07. The van der Waals surface area contributed by atoms with E-state index in [4.69, 9.17) is 4.74 Å². The third-order valence-corrected chi connectivity index (χ3v) is 2.20. The van der Waals surface area contributed by atoms with Gasteiger partial charge in [0.05, 0.1) is 0 Å². The number of rotatable bonds is 5. The number of hydrogen-bond acceptors (Lipinski definition) is 3. The molecule has 0 atom stereocenters. The predicted octanol–water partition coefficient (Wildman–Crippen LogP) is 2.14. The second-order valence-corrected chi connectivity index (χ2v) is 3.89. The zero-order chi connectivity index (χ0) is 10.4. The number of pyridine rings is 1. The van der Waals surface area contributed by atoms with E-state index in [2.05, 4.69) is 33.2 Å². The molecule has 0 bridgehead atoms. The molecule has 78 valence electrons. The third-order valence-electron chi connectivity index (χ3n) is 1.76. The van der Waals surface area contributed by atoms with Gasteiger partial charge in [0.25, 0.3) is 0 Å². The van der Waals surface area contributed by atoms with E-state index in [-0.39, 0.29) is 0 Å². The van der Waals surface area contributed by atoms with Gasteiger partial charge in [-0.2, -0.15) is 0 Å². The van der Waals surface area contributed by atoms with Crippen molar-refractivity contribution < 1.29 is 4.74 Å². The van der Waals surface area contributed by atoms with E-state index in [0.717, 1.165) is 23.1 Å². The van der Waals surface area contributed by atoms with Gasteiger partial charge in [-0.3, -0.25) is 0 Å². The van der Waals surface area contributed by atoms with Crippen LogP contribution in [0.3, 0.4) is 0 Å². The summed E-state index contributed by atoms with van der Waals surface area (Å²) in [6.07, 6.45) is 1.75. The van der Waals surface area contributed by atoms with Crippen LogP contribution in [0.1, 0.15) is 12.5 Å². The van der Waals surface area contributed by atoms with Crippen LogP contribution in [0.4, 0.5) is 0 Å². The summed E-state index contributed by atoms with van der Waals surface area (Å²) in [6.45, 7) is 6.54. The molecule has 0 saturated carbocycles. The van der Waals surface area contributed by atoms with Crippen LogP contribution in [0, 0.1) is 6.92 Å². The fourth-order valence-corrected chi connectivity index (χ4v) is 1.52. The van der Waals surface area contributed by atoms with Crippen LogP contribution in [0.15, 0.2) is 16.7 Å². The third kappa shape index (κ3) is 3.64. The zero-order valence-electron chi connectivity index (χ0n) is 8.51. The molecule has 4 heteroatoms. The number of nitrogens with zero attached hydrogens (tertiary/aromatic N) is 1. The van der Waals surface area contributed by atoms with Gasteiger partial charge in [0.2, 0.25) is 5.88 Å². The lowest BCUT2D eigenvalue weighted by atomic mass is 10.3. The summed E-state index contributed by atoms with van der Waals surface area (Å²) in [6, 6.07) is 2.00. The van der Waals surface area contributed by atoms with Crippen molar-refractivity contribution in [3.05, 3.63) is 22.3 Å². The normalized spacial score (nSPS) is 10.2. The number of nitrogens with one attached hydrogen (secondary N) is 1. The molecule has 1 N–H and O–H groups in total. The first-order valence-electron chi connectivity index (χ1n) is 4.69. The van der Waals surface area contributed by atoms with Crippen LogP contribution in [0.25, 0.3) is 0 Å². The van der Waals surface area contributed by atoms with Crippen LogP contribution in [-0.2, 0) is 0 Å². The van der Waals surface area contributed by atoms with Crippen LogP contribution >= 0.6 is 15.9 Å². The molecule has 14 heavy (non-hydrogen) atoms. The maximum Gasteiger partial charge on any atom is 0.216 e. The molecule has 0 saturated heterocycles. The molecule has 0 fully saturated rings. The monoisotopic (exact) mass is 258 g/mol. The number of hydrogen-bond donors (Lipinski definition) is 1. The Balaban J connectivity index is 2.42. The summed E-state index contributed by atoms with van der Waals surface area (Å²) in [7, 11) is 0. The van der Waals surface area contributed by atoms with Crippen molar-refractivity contribution in [2.24, 2.45) is 0 Å². The lowest BCUT2D eigenvalue weighted by molar-refractivity contribution is 0.301. The topological polar surface area (TPSA) is 34.1 Å². The highest BCUT2D eigenvalue weighted by atomic mass is 79.9. The Kier molecular flexibility index (Phi) is 4.90. The summed E-state index contributed by atoms with van der Waals surface area (Å²) < 4.78 is 6.48. The van der Waals surface area contributed by atoms with E-state index in [1.54, 1.807) is 6.20 Å². The first-order valence-corrected chi connectivity index (χ1v) is 5.49. The second-order valence-electron chi connectivity index (χ2n) is 2.98. The molecule has 1 heterocycles. The Morgan fingerprint density at radius 3 is 3.00 bits per heavy atom. The molecular formula is C10H15BrN2O. The van der Waals surface area contributed by atoms with Crippen molar-refractivity contribution in [1.82, 2.24) is 10.3 Å².